The van der Waals surface area contributed by atoms with E-state index >= 15 is 0 Å². The largest absolute Gasteiger partial charge is 0.449 e. The zero-order valence-electron chi connectivity index (χ0n) is 14.6. The molecule has 0 unspecified atom stereocenters. The Hall–Kier alpha value is -3.42. The average Bonchev–Trinajstić information content (AvgIpc) is 3.09. The Morgan fingerprint density at radius 1 is 1.19 bits per heavy atom. The van der Waals surface area contributed by atoms with Crippen LogP contribution < -0.4 is 10.6 Å². The highest BCUT2D eigenvalue weighted by Gasteiger charge is 2.32. The minimum atomic E-state index is -1.11. The number of hydrogen-bond acceptors (Lipinski definition) is 5. The molecule has 27 heavy (non-hydrogen) atoms. The van der Waals surface area contributed by atoms with Crippen LogP contribution in [0.4, 0.5) is 20.6 Å². The van der Waals surface area contributed by atoms with Gasteiger partial charge < -0.3 is 15.4 Å². The van der Waals surface area contributed by atoms with E-state index in [1.807, 2.05) is 0 Å². The summed E-state index contributed by atoms with van der Waals surface area (Å²) in [4.78, 5) is 37.4. The summed E-state index contributed by atoms with van der Waals surface area (Å²) < 4.78 is 18.3. The molecule has 1 aliphatic rings. The smallest absolute Gasteiger partial charge is 0.341 e. The molecule has 0 radical (unpaired) electrons. The van der Waals surface area contributed by atoms with Crippen molar-refractivity contribution in [3.63, 3.8) is 0 Å². The molecule has 140 valence electrons. The maximum Gasteiger partial charge on any atom is 0.341 e. The van der Waals surface area contributed by atoms with Gasteiger partial charge in [0.2, 0.25) is 0 Å². The fraction of sp³-hybridized carbons (Fsp3) is 0.211. The summed E-state index contributed by atoms with van der Waals surface area (Å²) >= 11 is 0. The van der Waals surface area contributed by atoms with Gasteiger partial charge in [0.1, 0.15) is 5.82 Å². The Morgan fingerprint density at radius 3 is 2.56 bits per heavy atom. The SMILES string of the molecule is C[C@@H](OC(=O)c1ccccc1Nc1ccc(F)cc1)C(=O)N1CCNC1=O. The number of halogens is 1. The van der Waals surface area contributed by atoms with Gasteiger partial charge in [-0.05, 0) is 43.3 Å². The second-order valence-electron chi connectivity index (χ2n) is 5.95. The lowest BCUT2D eigenvalue weighted by atomic mass is 10.1. The molecule has 2 aromatic carbocycles. The van der Waals surface area contributed by atoms with Crippen LogP contribution in [-0.4, -0.2) is 42.0 Å². The molecule has 1 atom stereocenters. The minimum Gasteiger partial charge on any atom is -0.449 e. The molecule has 1 aliphatic heterocycles. The number of carbonyl (C=O) groups is 3. The zero-order chi connectivity index (χ0) is 19.4. The van der Waals surface area contributed by atoms with Crippen molar-refractivity contribution in [2.45, 2.75) is 13.0 Å². The first-order valence-corrected chi connectivity index (χ1v) is 8.37. The molecule has 1 saturated heterocycles. The molecule has 1 heterocycles. The molecule has 0 aliphatic carbocycles. The van der Waals surface area contributed by atoms with E-state index in [1.54, 1.807) is 24.3 Å². The van der Waals surface area contributed by atoms with E-state index in [4.69, 9.17) is 4.74 Å². The van der Waals surface area contributed by atoms with Gasteiger partial charge in [-0.3, -0.25) is 9.69 Å². The number of urea groups is 1. The van der Waals surface area contributed by atoms with Crippen molar-refractivity contribution in [1.82, 2.24) is 10.2 Å². The van der Waals surface area contributed by atoms with Gasteiger partial charge in [-0.25, -0.2) is 14.0 Å². The lowest BCUT2D eigenvalue weighted by Crippen LogP contribution is -2.41. The highest BCUT2D eigenvalue weighted by molar-refractivity contribution is 6.01. The number of amides is 3. The third kappa shape index (κ3) is 4.22. The molecule has 0 saturated carbocycles. The van der Waals surface area contributed by atoms with Gasteiger partial charge in [0.15, 0.2) is 6.10 Å². The van der Waals surface area contributed by atoms with Gasteiger partial charge in [0.25, 0.3) is 5.91 Å². The van der Waals surface area contributed by atoms with E-state index in [-0.39, 0.29) is 17.9 Å². The molecule has 1 fully saturated rings. The first kappa shape index (κ1) is 18.4. The summed E-state index contributed by atoms with van der Waals surface area (Å²) in [7, 11) is 0. The maximum atomic E-state index is 13.0. The molecule has 0 aromatic heterocycles. The van der Waals surface area contributed by atoms with Gasteiger partial charge in [-0.15, -0.1) is 0 Å². The molecule has 2 aromatic rings. The van der Waals surface area contributed by atoms with Gasteiger partial charge in [-0.1, -0.05) is 12.1 Å². The number of rotatable bonds is 5. The normalized spacial score (nSPS) is 14.4. The lowest BCUT2D eigenvalue weighted by Gasteiger charge is -2.19. The van der Waals surface area contributed by atoms with E-state index in [0.29, 0.717) is 17.9 Å². The van der Waals surface area contributed by atoms with Crippen molar-refractivity contribution in [2.75, 3.05) is 18.4 Å². The number of ether oxygens (including phenoxy) is 1. The highest BCUT2D eigenvalue weighted by atomic mass is 19.1. The maximum absolute atomic E-state index is 13.0. The number of imide groups is 1. The summed E-state index contributed by atoms with van der Waals surface area (Å²) in [5, 5.41) is 5.54. The summed E-state index contributed by atoms with van der Waals surface area (Å²) in [6.07, 6.45) is -1.11. The summed E-state index contributed by atoms with van der Waals surface area (Å²) in [5.41, 5.74) is 1.26. The average molecular weight is 371 g/mol. The topological polar surface area (TPSA) is 87.7 Å². The quantitative estimate of drug-likeness (QED) is 0.789. The van der Waals surface area contributed by atoms with Gasteiger partial charge in [0.05, 0.1) is 11.3 Å². The van der Waals surface area contributed by atoms with Crippen molar-refractivity contribution in [3.05, 3.63) is 59.9 Å². The van der Waals surface area contributed by atoms with Crippen LogP contribution in [0.3, 0.4) is 0 Å². The number of para-hydroxylation sites is 1. The standard InChI is InChI=1S/C19H18FN3O4/c1-12(17(24)23-11-10-21-19(23)26)27-18(25)15-4-2-3-5-16(15)22-14-8-6-13(20)7-9-14/h2-9,12,22H,10-11H2,1H3,(H,21,26)/t12-/m1/s1. The Kier molecular flexibility index (Phi) is 5.35. The number of esters is 1. The van der Waals surface area contributed by atoms with Crippen LogP contribution in [0.25, 0.3) is 0 Å². The predicted octanol–water partition coefficient (Wildman–Crippen LogP) is 2.67. The van der Waals surface area contributed by atoms with Crippen molar-refractivity contribution < 1.29 is 23.5 Å². The summed E-state index contributed by atoms with van der Waals surface area (Å²) in [6.45, 7) is 2.03. The lowest BCUT2D eigenvalue weighted by molar-refractivity contribution is -0.136. The first-order chi connectivity index (χ1) is 13.0. The van der Waals surface area contributed by atoms with Gasteiger partial charge in [-0.2, -0.15) is 0 Å². The third-order valence-electron chi connectivity index (χ3n) is 4.02. The Balaban J connectivity index is 1.72. The molecular weight excluding hydrogens is 353 g/mol. The highest BCUT2D eigenvalue weighted by Crippen LogP contribution is 2.22. The van der Waals surface area contributed by atoms with Crippen LogP contribution in [0.1, 0.15) is 17.3 Å². The number of benzene rings is 2. The van der Waals surface area contributed by atoms with Crippen LogP contribution >= 0.6 is 0 Å². The molecule has 7 nitrogen and oxygen atoms in total. The number of nitrogens with one attached hydrogen (secondary N) is 2. The number of anilines is 2. The molecule has 0 spiro atoms. The molecule has 0 bridgehead atoms. The Labute approximate surface area is 155 Å². The zero-order valence-corrected chi connectivity index (χ0v) is 14.6. The third-order valence-corrected chi connectivity index (χ3v) is 4.02. The van der Waals surface area contributed by atoms with Gasteiger partial charge >= 0.3 is 12.0 Å². The van der Waals surface area contributed by atoms with Crippen LogP contribution in [0, 0.1) is 5.82 Å². The Bertz CT molecular complexity index is 870. The van der Waals surface area contributed by atoms with Crippen LogP contribution in [-0.2, 0) is 9.53 Å². The van der Waals surface area contributed by atoms with E-state index in [2.05, 4.69) is 10.6 Å². The van der Waals surface area contributed by atoms with Gasteiger partial charge in [0, 0.05) is 18.8 Å². The molecule has 3 rings (SSSR count). The first-order valence-electron chi connectivity index (χ1n) is 8.37. The second kappa shape index (κ2) is 7.86. The van der Waals surface area contributed by atoms with E-state index < -0.39 is 24.0 Å². The molecule has 2 N–H and O–H groups in total. The van der Waals surface area contributed by atoms with E-state index in [9.17, 15) is 18.8 Å². The molecule has 3 amide bonds. The molecule has 8 heteroatoms. The molecular formula is C19H18FN3O4. The number of nitrogens with zero attached hydrogens (tertiary/aromatic N) is 1. The van der Waals surface area contributed by atoms with E-state index in [0.717, 1.165) is 4.90 Å². The van der Waals surface area contributed by atoms with E-state index in [1.165, 1.54) is 31.2 Å². The van der Waals surface area contributed by atoms with Crippen LogP contribution in [0.15, 0.2) is 48.5 Å². The van der Waals surface area contributed by atoms with Crippen molar-refractivity contribution >= 4 is 29.3 Å². The van der Waals surface area contributed by atoms with Crippen LogP contribution in [0.2, 0.25) is 0 Å². The predicted molar refractivity (Wildman–Crippen MR) is 96.1 cm³/mol. The van der Waals surface area contributed by atoms with Crippen molar-refractivity contribution in [2.24, 2.45) is 0 Å². The van der Waals surface area contributed by atoms with Crippen molar-refractivity contribution in [3.8, 4) is 0 Å². The van der Waals surface area contributed by atoms with Crippen LogP contribution in [0.5, 0.6) is 0 Å². The summed E-state index contributed by atoms with van der Waals surface area (Å²) in [6, 6.07) is 11.8. The summed E-state index contributed by atoms with van der Waals surface area (Å²) in [5.74, 6) is -1.66. The number of hydrogen-bond donors (Lipinski definition) is 2. The monoisotopic (exact) mass is 371 g/mol. The number of carbonyl (C=O) groups excluding carboxylic acids is 3. The van der Waals surface area contributed by atoms with Crippen molar-refractivity contribution in [1.29, 1.82) is 0 Å². The minimum absolute atomic E-state index is 0.215. The Morgan fingerprint density at radius 2 is 1.89 bits per heavy atom. The second-order valence-corrected chi connectivity index (χ2v) is 5.95. The fourth-order valence-corrected chi connectivity index (χ4v) is 2.63. The fourth-order valence-electron chi connectivity index (χ4n) is 2.63.